The van der Waals surface area contributed by atoms with E-state index >= 15 is 0 Å². The van der Waals surface area contributed by atoms with Gasteiger partial charge in [0.2, 0.25) is 0 Å². The predicted molar refractivity (Wildman–Crippen MR) is 86.9 cm³/mol. The van der Waals surface area contributed by atoms with E-state index in [1.807, 2.05) is 4.90 Å². The monoisotopic (exact) mass is 332 g/mol. The number of nitrogens with zero attached hydrogens (tertiary/aromatic N) is 3. The Morgan fingerprint density at radius 3 is 2.58 bits per heavy atom. The number of amides is 3. The average Bonchev–Trinajstić information content (AvgIpc) is 3.00. The van der Waals surface area contributed by atoms with E-state index in [9.17, 15) is 19.7 Å². The first-order valence-corrected chi connectivity index (χ1v) is 8.07. The van der Waals surface area contributed by atoms with Gasteiger partial charge in [0.25, 0.3) is 11.6 Å². The zero-order valence-electron chi connectivity index (χ0n) is 13.5. The first kappa shape index (κ1) is 16.2. The van der Waals surface area contributed by atoms with E-state index in [4.69, 9.17) is 0 Å². The lowest BCUT2D eigenvalue weighted by Crippen LogP contribution is -2.47. The summed E-state index contributed by atoms with van der Waals surface area (Å²) in [6.07, 6.45) is 1.46. The number of urea groups is 1. The number of nitrogens with one attached hydrogen (secondary N) is 1. The van der Waals surface area contributed by atoms with Gasteiger partial charge in [-0.2, -0.15) is 0 Å². The first-order chi connectivity index (χ1) is 11.5. The second-order valence-electron chi connectivity index (χ2n) is 6.16. The maximum absolute atomic E-state index is 12.7. The molecule has 8 nitrogen and oxygen atoms in total. The lowest BCUT2D eigenvalue weighted by molar-refractivity contribution is -0.385. The predicted octanol–water partition coefficient (Wildman–Crippen LogP) is 1.53. The van der Waals surface area contributed by atoms with Gasteiger partial charge in [0.1, 0.15) is 0 Å². The summed E-state index contributed by atoms with van der Waals surface area (Å²) in [6, 6.07) is 4.70. The number of piperidine rings is 1. The Morgan fingerprint density at radius 1 is 1.29 bits per heavy atom. The highest BCUT2D eigenvalue weighted by Crippen LogP contribution is 2.25. The number of nitro benzene ring substituents is 1. The van der Waals surface area contributed by atoms with E-state index in [1.54, 1.807) is 24.0 Å². The lowest BCUT2D eigenvalue weighted by atomic mass is 10.0. The van der Waals surface area contributed by atoms with Crippen LogP contribution < -0.4 is 5.32 Å². The number of hydrogen-bond donors (Lipinski definition) is 1. The van der Waals surface area contributed by atoms with Gasteiger partial charge in [0.05, 0.1) is 4.92 Å². The van der Waals surface area contributed by atoms with E-state index in [1.165, 1.54) is 6.07 Å². The van der Waals surface area contributed by atoms with Gasteiger partial charge in [-0.15, -0.1) is 0 Å². The molecule has 0 bridgehead atoms. The van der Waals surface area contributed by atoms with Crippen LogP contribution in [-0.4, -0.2) is 58.9 Å². The van der Waals surface area contributed by atoms with Crippen molar-refractivity contribution >= 4 is 17.6 Å². The van der Waals surface area contributed by atoms with Gasteiger partial charge in [-0.25, -0.2) is 4.79 Å². The van der Waals surface area contributed by atoms with Gasteiger partial charge >= 0.3 is 6.03 Å². The Kier molecular flexibility index (Phi) is 4.37. The molecular formula is C16H20N4O4. The molecule has 128 valence electrons. The molecule has 1 N–H and O–H groups in total. The van der Waals surface area contributed by atoms with Crippen molar-refractivity contribution in [1.29, 1.82) is 0 Å². The van der Waals surface area contributed by atoms with Crippen molar-refractivity contribution in [3.05, 3.63) is 39.4 Å². The number of likely N-dealkylation sites (tertiary alicyclic amines) is 1. The zero-order valence-corrected chi connectivity index (χ0v) is 13.5. The maximum atomic E-state index is 12.7. The molecule has 2 aliphatic rings. The highest BCUT2D eigenvalue weighted by atomic mass is 16.6. The first-order valence-electron chi connectivity index (χ1n) is 8.07. The van der Waals surface area contributed by atoms with Gasteiger partial charge in [0.15, 0.2) is 0 Å². The van der Waals surface area contributed by atoms with Crippen molar-refractivity contribution in [1.82, 2.24) is 15.1 Å². The molecule has 2 saturated heterocycles. The summed E-state index contributed by atoms with van der Waals surface area (Å²) in [5.41, 5.74) is 0.736. The summed E-state index contributed by atoms with van der Waals surface area (Å²) < 4.78 is 0. The summed E-state index contributed by atoms with van der Waals surface area (Å²) in [5.74, 6) is -0.180. The van der Waals surface area contributed by atoms with E-state index in [-0.39, 0.29) is 23.7 Å². The number of benzene rings is 1. The molecule has 8 heteroatoms. The summed E-state index contributed by atoms with van der Waals surface area (Å²) >= 11 is 0. The van der Waals surface area contributed by atoms with Crippen molar-refractivity contribution in [2.45, 2.75) is 25.8 Å². The summed E-state index contributed by atoms with van der Waals surface area (Å²) in [4.78, 5) is 38.5. The molecule has 0 saturated carbocycles. The quantitative estimate of drug-likeness (QED) is 0.671. The topological polar surface area (TPSA) is 95.8 Å². The molecule has 0 aliphatic carbocycles. The second kappa shape index (κ2) is 6.46. The fourth-order valence-corrected chi connectivity index (χ4v) is 3.44. The van der Waals surface area contributed by atoms with Crippen molar-refractivity contribution in [3.63, 3.8) is 0 Å². The summed E-state index contributed by atoms with van der Waals surface area (Å²) in [6.45, 7) is 4.09. The van der Waals surface area contributed by atoms with Crippen LogP contribution in [0.2, 0.25) is 0 Å². The Balaban J connectivity index is 1.68. The molecule has 0 radical (unpaired) electrons. The van der Waals surface area contributed by atoms with Crippen LogP contribution in [0.3, 0.4) is 0 Å². The van der Waals surface area contributed by atoms with E-state index in [0.717, 1.165) is 12.8 Å². The molecule has 0 unspecified atom stereocenters. The maximum Gasteiger partial charge on any atom is 0.317 e. The van der Waals surface area contributed by atoms with Gasteiger partial charge in [-0.3, -0.25) is 14.9 Å². The second-order valence-corrected chi connectivity index (χ2v) is 6.16. The van der Waals surface area contributed by atoms with Gasteiger partial charge < -0.3 is 15.1 Å². The molecule has 0 spiro atoms. The number of rotatable bonds is 3. The molecule has 24 heavy (non-hydrogen) atoms. The minimum atomic E-state index is -0.468. The van der Waals surface area contributed by atoms with Crippen LogP contribution in [-0.2, 0) is 0 Å². The SMILES string of the molecule is Cc1c(C(=O)N2CCC(N3CCNC3=O)CC2)cccc1[N+](=O)[O-]. The Bertz CT molecular complexity index is 683. The van der Waals surface area contributed by atoms with Crippen LogP contribution in [0.4, 0.5) is 10.5 Å². The van der Waals surface area contributed by atoms with Crippen molar-refractivity contribution in [2.24, 2.45) is 0 Å². The summed E-state index contributed by atoms with van der Waals surface area (Å²) in [5, 5.41) is 13.8. The third kappa shape index (κ3) is 2.91. The van der Waals surface area contributed by atoms with Gasteiger partial charge in [0, 0.05) is 49.4 Å². The van der Waals surface area contributed by atoms with Crippen LogP contribution in [0.1, 0.15) is 28.8 Å². The van der Waals surface area contributed by atoms with Crippen LogP contribution in [0.15, 0.2) is 18.2 Å². The van der Waals surface area contributed by atoms with Gasteiger partial charge in [-0.05, 0) is 25.8 Å². The Morgan fingerprint density at radius 2 is 2.00 bits per heavy atom. The smallest absolute Gasteiger partial charge is 0.317 e. The average molecular weight is 332 g/mol. The molecule has 1 aromatic carbocycles. The standard InChI is InChI=1S/C16H20N4O4/c1-11-13(3-2-4-14(11)20(23)24)15(21)18-8-5-12(6-9-18)19-10-7-17-16(19)22/h2-4,12H,5-10H2,1H3,(H,17,22). The molecular weight excluding hydrogens is 312 g/mol. The van der Waals surface area contributed by atoms with Gasteiger partial charge in [-0.1, -0.05) is 6.07 Å². The van der Waals surface area contributed by atoms with E-state index < -0.39 is 4.92 Å². The minimum Gasteiger partial charge on any atom is -0.338 e. The molecule has 0 aromatic heterocycles. The fraction of sp³-hybridized carbons (Fsp3) is 0.500. The number of hydrogen-bond acceptors (Lipinski definition) is 4. The number of nitro groups is 1. The normalized spacial score (nSPS) is 18.6. The number of carbonyl (C=O) groups is 2. The van der Waals surface area contributed by atoms with Crippen molar-refractivity contribution in [3.8, 4) is 0 Å². The summed E-state index contributed by atoms with van der Waals surface area (Å²) in [7, 11) is 0. The molecule has 2 heterocycles. The largest absolute Gasteiger partial charge is 0.338 e. The van der Waals surface area contributed by atoms with Crippen LogP contribution in [0.25, 0.3) is 0 Å². The van der Waals surface area contributed by atoms with Crippen LogP contribution in [0, 0.1) is 17.0 Å². The van der Waals surface area contributed by atoms with Crippen LogP contribution in [0.5, 0.6) is 0 Å². The molecule has 3 amide bonds. The molecule has 2 aliphatic heterocycles. The Hall–Kier alpha value is -2.64. The highest BCUT2D eigenvalue weighted by Gasteiger charge is 2.32. The third-order valence-corrected chi connectivity index (χ3v) is 4.81. The minimum absolute atomic E-state index is 0.0331. The number of carbonyl (C=O) groups excluding carboxylic acids is 2. The molecule has 3 rings (SSSR count). The lowest BCUT2D eigenvalue weighted by Gasteiger charge is -2.36. The molecule has 0 atom stereocenters. The van der Waals surface area contributed by atoms with Crippen molar-refractivity contribution < 1.29 is 14.5 Å². The van der Waals surface area contributed by atoms with E-state index in [2.05, 4.69) is 5.32 Å². The third-order valence-electron chi connectivity index (χ3n) is 4.81. The van der Waals surface area contributed by atoms with Crippen molar-refractivity contribution in [2.75, 3.05) is 26.2 Å². The molecule has 2 fully saturated rings. The molecule has 1 aromatic rings. The fourth-order valence-electron chi connectivity index (χ4n) is 3.44. The highest BCUT2D eigenvalue weighted by molar-refractivity contribution is 5.96. The van der Waals surface area contributed by atoms with Crippen LogP contribution >= 0.6 is 0 Å². The zero-order chi connectivity index (χ0) is 17.3. The van der Waals surface area contributed by atoms with E-state index in [0.29, 0.717) is 37.3 Å². The Labute approximate surface area is 139 Å².